The molecule has 156 valence electrons. The minimum Gasteiger partial charge on any atom is -0.322 e. The molecule has 3 rings (SSSR count). The fraction of sp³-hybridized carbons (Fsp3) is 0.0417. The second-order valence-electron chi connectivity index (χ2n) is 6.67. The molecule has 7 heteroatoms. The zero-order valence-corrected chi connectivity index (χ0v) is 17.4. The van der Waals surface area contributed by atoms with Crippen molar-refractivity contribution in [1.82, 2.24) is 10.9 Å². The number of amides is 3. The molecule has 0 heterocycles. The molecule has 0 fully saturated rings. The number of rotatable bonds is 5. The summed E-state index contributed by atoms with van der Waals surface area (Å²) in [6.45, 7) is 1.86. The Hall–Kier alpha value is -3.90. The molecule has 0 aliphatic rings. The van der Waals surface area contributed by atoms with E-state index in [9.17, 15) is 14.4 Å². The van der Waals surface area contributed by atoms with Crippen molar-refractivity contribution < 1.29 is 14.4 Å². The molecule has 0 aliphatic carbocycles. The Labute approximate surface area is 184 Å². The van der Waals surface area contributed by atoms with Gasteiger partial charge in [-0.25, -0.2) is 0 Å². The molecule has 0 unspecified atom stereocenters. The molecule has 0 aliphatic heterocycles. The van der Waals surface area contributed by atoms with Crippen molar-refractivity contribution in [3.63, 3.8) is 0 Å². The molecule has 0 saturated carbocycles. The number of hydrogen-bond donors (Lipinski definition) is 3. The number of hydrogen-bond acceptors (Lipinski definition) is 3. The van der Waals surface area contributed by atoms with Gasteiger partial charge in [0.25, 0.3) is 17.7 Å². The van der Waals surface area contributed by atoms with Gasteiger partial charge in [0.15, 0.2) is 0 Å². The van der Waals surface area contributed by atoms with Crippen LogP contribution >= 0.6 is 11.6 Å². The number of halogens is 1. The van der Waals surface area contributed by atoms with E-state index in [0.29, 0.717) is 21.8 Å². The number of hydrazine groups is 1. The highest BCUT2D eigenvalue weighted by molar-refractivity contribution is 6.30. The van der Waals surface area contributed by atoms with Crippen LogP contribution in [0, 0.1) is 6.92 Å². The van der Waals surface area contributed by atoms with E-state index in [0.717, 1.165) is 11.1 Å². The number of benzene rings is 3. The van der Waals surface area contributed by atoms with E-state index < -0.39 is 11.8 Å². The Morgan fingerprint density at radius 2 is 1.48 bits per heavy atom. The summed E-state index contributed by atoms with van der Waals surface area (Å²) in [5.74, 6) is -1.19. The highest BCUT2D eigenvalue weighted by Crippen LogP contribution is 2.14. The zero-order chi connectivity index (χ0) is 22.2. The number of carbonyl (C=O) groups is 3. The van der Waals surface area contributed by atoms with Crippen LogP contribution in [-0.2, 0) is 4.79 Å². The van der Waals surface area contributed by atoms with Gasteiger partial charge in [-0.05, 0) is 66.6 Å². The molecule has 0 saturated heterocycles. The fourth-order valence-corrected chi connectivity index (χ4v) is 2.84. The predicted octanol–water partition coefficient (Wildman–Crippen LogP) is 4.38. The standard InChI is InChI=1S/C24H20ClN3O3/c1-16-4-2-3-5-21(16)24(31)26-20-13-9-18(10-14-20)23(30)28-27-22(29)15-8-17-6-11-19(25)12-7-17/h2-15H,1H3,(H,26,31)(H,27,29)(H,28,30)/b15-8+. The Balaban J connectivity index is 1.51. The van der Waals surface area contributed by atoms with Crippen molar-refractivity contribution in [1.29, 1.82) is 0 Å². The summed E-state index contributed by atoms with van der Waals surface area (Å²) in [5.41, 5.74) is 7.79. The molecular formula is C24H20ClN3O3. The lowest BCUT2D eigenvalue weighted by Gasteiger charge is -2.09. The second kappa shape index (κ2) is 10.2. The molecule has 3 amide bonds. The van der Waals surface area contributed by atoms with Crippen molar-refractivity contribution in [3.05, 3.63) is 106 Å². The summed E-state index contributed by atoms with van der Waals surface area (Å²) >= 11 is 5.81. The van der Waals surface area contributed by atoms with E-state index in [4.69, 9.17) is 11.6 Å². The molecule has 0 radical (unpaired) electrons. The molecule has 0 spiro atoms. The first kappa shape index (κ1) is 21.8. The summed E-state index contributed by atoms with van der Waals surface area (Å²) in [5, 5.41) is 3.40. The summed E-state index contributed by atoms with van der Waals surface area (Å²) in [6.07, 6.45) is 2.90. The van der Waals surface area contributed by atoms with Crippen LogP contribution in [0.4, 0.5) is 5.69 Å². The third-order valence-electron chi connectivity index (χ3n) is 4.39. The molecule has 3 aromatic carbocycles. The zero-order valence-electron chi connectivity index (χ0n) is 16.7. The van der Waals surface area contributed by atoms with Crippen molar-refractivity contribution in [2.75, 3.05) is 5.32 Å². The van der Waals surface area contributed by atoms with Gasteiger partial charge in [-0.1, -0.05) is 41.9 Å². The Kier molecular flexibility index (Phi) is 7.19. The van der Waals surface area contributed by atoms with E-state index in [1.165, 1.54) is 6.08 Å². The largest absolute Gasteiger partial charge is 0.322 e. The number of anilines is 1. The number of carbonyl (C=O) groups excluding carboxylic acids is 3. The van der Waals surface area contributed by atoms with E-state index in [2.05, 4.69) is 16.2 Å². The van der Waals surface area contributed by atoms with Crippen LogP contribution in [0.15, 0.2) is 78.9 Å². The van der Waals surface area contributed by atoms with Crippen molar-refractivity contribution in [2.45, 2.75) is 6.92 Å². The van der Waals surface area contributed by atoms with Crippen molar-refractivity contribution in [3.8, 4) is 0 Å². The lowest BCUT2D eigenvalue weighted by Crippen LogP contribution is -2.40. The highest BCUT2D eigenvalue weighted by atomic mass is 35.5. The quantitative estimate of drug-likeness (QED) is 0.412. The van der Waals surface area contributed by atoms with Crippen molar-refractivity contribution in [2.24, 2.45) is 0 Å². The van der Waals surface area contributed by atoms with Crippen LogP contribution in [0.5, 0.6) is 0 Å². The Bertz CT molecular complexity index is 1120. The third-order valence-corrected chi connectivity index (χ3v) is 4.64. The Morgan fingerprint density at radius 1 is 0.806 bits per heavy atom. The van der Waals surface area contributed by atoms with E-state index in [1.54, 1.807) is 66.7 Å². The average molecular weight is 434 g/mol. The topological polar surface area (TPSA) is 87.3 Å². The van der Waals surface area contributed by atoms with E-state index >= 15 is 0 Å². The van der Waals surface area contributed by atoms with E-state index in [1.807, 2.05) is 19.1 Å². The van der Waals surface area contributed by atoms with Crippen LogP contribution in [-0.4, -0.2) is 17.7 Å². The molecule has 3 aromatic rings. The predicted molar refractivity (Wildman–Crippen MR) is 122 cm³/mol. The second-order valence-corrected chi connectivity index (χ2v) is 7.11. The van der Waals surface area contributed by atoms with Gasteiger partial charge < -0.3 is 5.32 Å². The maximum atomic E-state index is 12.4. The summed E-state index contributed by atoms with van der Waals surface area (Å²) in [6, 6.07) is 20.6. The monoisotopic (exact) mass is 433 g/mol. The lowest BCUT2D eigenvalue weighted by atomic mass is 10.1. The molecule has 0 aromatic heterocycles. The molecule has 31 heavy (non-hydrogen) atoms. The maximum absolute atomic E-state index is 12.4. The lowest BCUT2D eigenvalue weighted by molar-refractivity contribution is -0.117. The molecular weight excluding hydrogens is 414 g/mol. The van der Waals surface area contributed by atoms with Gasteiger partial charge in [-0.2, -0.15) is 0 Å². The first-order chi connectivity index (χ1) is 14.9. The van der Waals surface area contributed by atoms with Gasteiger partial charge >= 0.3 is 0 Å². The van der Waals surface area contributed by atoms with Crippen LogP contribution < -0.4 is 16.2 Å². The SMILES string of the molecule is Cc1ccccc1C(=O)Nc1ccc(C(=O)NNC(=O)/C=C/c2ccc(Cl)cc2)cc1. The third kappa shape index (κ3) is 6.29. The van der Waals surface area contributed by atoms with Gasteiger partial charge in [-0.15, -0.1) is 0 Å². The maximum Gasteiger partial charge on any atom is 0.269 e. The molecule has 3 N–H and O–H groups in total. The van der Waals surface area contributed by atoms with Gasteiger partial charge in [0.1, 0.15) is 0 Å². The molecule has 0 bridgehead atoms. The van der Waals surface area contributed by atoms with Gasteiger partial charge in [0.05, 0.1) is 0 Å². The van der Waals surface area contributed by atoms with Crippen LogP contribution in [0.3, 0.4) is 0 Å². The van der Waals surface area contributed by atoms with Gasteiger partial charge in [0.2, 0.25) is 0 Å². The van der Waals surface area contributed by atoms with Crippen LogP contribution in [0.1, 0.15) is 31.8 Å². The van der Waals surface area contributed by atoms with Crippen molar-refractivity contribution >= 4 is 41.1 Å². The molecule has 6 nitrogen and oxygen atoms in total. The average Bonchev–Trinajstić information content (AvgIpc) is 2.78. The Morgan fingerprint density at radius 3 is 2.16 bits per heavy atom. The normalized spacial score (nSPS) is 10.5. The molecule has 0 atom stereocenters. The minimum absolute atomic E-state index is 0.227. The number of nitrogens with one attached hydrogen (secondary N) is 3. The summed E-state index contributed by atoms with van der Waals surface area (Å²) < 4.78 is 0. The fourth-order valence-electron chi connectivity index (χ4n) is 2.71. The highest BCUT2D eigenvalue weighted by Gasteiger charge is 2.10. The summed E-state index contributed by atoms with van der Waals surface area (Å²) in [7, 11) is 0. The van der Waals surface area contributed by atoms with Crippen LogP contribution in [0.2, 0.25) is 5.02 Å². The first-order valence-electron chi connectivity index (χ1n) is 9.43. The minimum atomic E-state index is -0.481. The smallest absolute Gasteiger partial charge is 0.269 e. The van der Waals surface area contributed by atoms with Gasteiger partial charge in [-0.3, -0.25) is 25.2 Å². The summed E-state index contributed by atoms with van der Waals surface area (Å²) in [4.78, 5) is 36.4. The first-order valence-corrected chi connectivity index (χ1v) is 9.81. The number of aryl methyl sites for hydroxylation is 1. The van der Waals surface area contributed by atoms with Crippen LogP contribution in [0.25, 0.3) is 6.08 Å². The van der Waals surface area contributed by atoms with E-state index in [-0.39, 0.29) is 5.91 Å². The van der Waals surface area contributed by atoms with Gasteiger partial charge in [0, 0.05) is 27.9 Å².